The SMILES string of the molecule is COC(=O)c1ncsc1S(=O)(=O)N1[C@H](C)CCC[C@@H]1C. The van der Waals surface area contributed by atoms with Crippen LogP contribution < -0.4 is 0 Å². The van der Waals surface area contributed by atoms with Crippen LogP contribution >= 0.6 is 11.3 Å². The summed E-state index contributed by atoms with van der Waals surface area (Å²) in [5.74, 6) is -0.720. The predicted molar refractivity (Wildman–Crippen MR) is 75.3 cm³/mol. The summed E-state index contributed by atoms with van der Waals surface area (Å²) < 4.78 is 31.7. The minimum absolute atomic E-state index is 0.0232. The Labute approximate surface area is 122 Å². The van der Waals surface area contributed by atoms with E-state index in [2.05, 4.69) is 9.72 Å². The van der Waals surface area contributed by atoms with Gasteiger partial charge in [-0.2, -0.15) is 4.31 Å². The summed E-state index contributed by atoms with van der Waals surface area (Å²) in [6.45, 7) is 3.79. The molecule has 20 heavy (non-hydrogen) atoms. The normalized spacial score (nSPS) is 24.6. The van der Waals surface area contributed by atoms with Gasteiger partial charge in [-0.15, -0.1) is 11.3 Å². The van der Waals surface area contributed by atoms with E-state index in [1.54, 1.807) is 0 Å². The lowest BCUT2D eigenvalue weighted by Crippen LogP contribution is -2.47. The number of methoxy groups -OCH3 is 1. The van der Waals surface area contributed by atoms with Crippen LogP contribution in [-0.4, -0.2) is 42.9 Å². The van der Waals surface area contributed by atoms with E-state index < -0.39 is 16.0 Å². The summed E-state index contributed by atoms with van der Waals surface area (Å²) in [7, 11) is -2.50. The molecule has 2 rings (SSSR count). The van der Waals surface area contributed by atoms with E-state index in [1.807, 2.05) is 13.8 Å². The second kappa shape index (κ2) is 5.79. The quantitative estimate of drug-likeness (QED) is 0.795. The number of aromatic nitrogens is 1. The van der Waals surface area contributed by atoms with Gasteiger partial charge in [0.25, 0.3) is 10.0 Å². The molecule has 0 N–H and O–H groups in total. The lowest BCUT2D eigenvalue weighted by molar-refractivity contribution is 0.0590. The minimum atomic E-state index is -3.71. The summed E-state index contributed by atoms with van der Waals surface area (Å²) in [5, 5.41) is 0. The van der Waals surface area contributed by atoms with Crippen molar-refractivity contribution in [3.63, 3.8) is 0 Å². The van der Waals surface area contributed by atoms with Gasteiger partial charge in [-0.05, 0) is 26.7 Å². The van der Waals surface area contributed by atoms with Crippen molar-refractivity contribution < 1.29 is 17.9 Å². The van der Waals surface area contributed by atoms with Gasteiger partial charge < -0.3 is 4.74 Å². The summed E-state index contributed by atoms with van der Waals surface area (Å²) in [5.41, 5.74) is 1.24. The molecular weight excluding hydrogens is 300 g/mol. The van der Waals surface area contributed by atoms with Crippen molar-refractivity contribution in [1.29, 1.82) is 0 Å². The van der Waals surface area contributed by atoms with Gasteiger partial charge in [0.15, 0.2) is 9.90 Å². The van der Waals surface area contributed by atoms with Crippen molar-refractivity contribution in [3.8, 4) is 0 Å². The number of nitrogens with zero attached hydrogens (tertiary/aromatic N) is 2. The number of carbonyl (C=O) groups excluding carboxylic acids is 1. The number of rotatable bonds is 3. The summed E-state index contributed by atoms with van der Waals surface area (Å²) >= 11 is 0.956. The average molecular weight is 318 g/mol. The molecule has 1 saturated heterocycles. The zero-order valence-corrected chi connectivity index (χ0v) is 13.3. The Hall–Kier alpha value is -0.990. The molecule has 6 nitrogen and oxygen atoms in total. The second-order valence-corrected chi connectivity index (χ2v) is 7.84. The topological polar surface area (TPSA) is 76.6 Å². The third kappa shape index (κ3) is 2.59. The van der Waals surface area contributed by atoms with Crippen LogP contribution in [0.15, 0.2) is 9.72 Å². The molecule has 0 saturated carbocycles. The fourth-order valence-corrected chi connectivity index (χ4v) is 5.72. The molecule has 0 unspecified atom stereocenters. The van der Waals surface area contributed by atoms with Crippen molar-refractivity contribution >= 4 is 27.3 Å². The number of hydrogen-bond acceptors (Lipinski definition) is 6. The van der Waals surface area contributed by atoms with Gasteiger partial charge in [-0.3, -0.25) is 0 Å². The van der Waals surface area contributed by atoms with Gasteiger partial charge in [-0.1, -0.05) is 6.42 Å². The van der Waals surface area contributed by atoms with Gasteiger partial charge in [0.1, 0.15) is 0 Å². The Kier molecular flexibility index (Phi) is 4.46. The van der Waals surface area contributed by atoms with E-state index in [4.69, 9.17) is 0 Å². The van der Waals surface area contributed by atoms with E-state index in [0.29, 0.717) is 0 Å². The van der Waals surface area contributed by atoms with E-state index in [1.165, 1.54) is 16.9 Å². The predicted octanol–water partition coefficient (Wildman–Crippen LogP) is 1.88. The van der Waals surface area contributed by atoms with E-state index in [-0.39, 0.29) is 22.0 Å². The van der Waals surface area contributed by atoms with Gasteiger partial charge in [0.2, 0.25) is 0 Å². The smallest absolute Gasteiger partial charge is 0.358 e. The molecule has 8 heteroatoms. The first-order valence-electron chi connectivity index (χ1n) is 6.45. The maximum atomic E-state index is 12.8. The van der Waals surface area contributed by atoms with Crippen molar-refractivity contribution in [3.05, 3.63) is 11.2 Å². The van der Waals surface area contributed by atoms with E-state index >= 15 is 0 Å². The first-order valence-corrected chi connectivity index (χ1v) is 8.77. The molecule has 1 aliphatic rings. The molecule has 2 heterocycles. The van der Waals surface area contributed by atoms with Crippen LogP contribution in [0.4, 0.5) is 0 Å². The fourth-order valence-electron chi connectivity index (χ4n) is 2.62. The summed E-state index contributed by atoms with van der Waals surface area (Å²) in [6.07, 6.45) is 2.67. The third-order valence-corrected chi connectivity index (χ3v) is 7.01. The molecule has 2 atom stereocenters. The number of ether oxygens (including phenoxy) is 1. The summed E-state index contributed by atoms with van der Waals surface area (Å²) in [4.78, 5) is 15.5. The van der Waals surface area contributed by atoms with Crippen LogP contribution in [-0.2, 0) is 14.8 Å². The highest BCUT2D eigenvalue weighted by molar-refractivity contribution is 7.91. The van der Waals surface area contributed by atoms with E-state index in [0.717, 1.165) is 30.6 Å². The first kappa shape index (κ1) is 15.4. The van der Waals surface area contributed by atoms with Crippen LogP contribution in [0.25, 0.3) is 0 Å². The molecule has 112 valence electrons. The Morgan fingerprint density at radius 1 is 1.40 bits per heavy atom. The number of sulfonamides is 1. The van der Waals surface area contributed by atoms with Crippen molar-refractivity contribution in [2.75, 3.05) is 7.11 Å². The maximum Gasteiger partial charge on any atom is 0.358 e. The van der Waals surface area contributed by atoms with Gasteiger partial charge in [-0.25, -0.2) is 18.2 Å². The highest BCUT2D eigenvalue weighted by Gasteiger charge is 2.39. The maximum absolute atomic E-state index is 12.8. The molecule has 1 aliphatic heterocycles. The molecule has 0 bridgehead atoms. The van der Waals surface area contributed by atoms with Crippen LogP contribution in [0.1, 0.15) is 43.6 Å². The Morgan fingerprint density at radius 3 is 2.55 bits per heavy atom. The molecule has 1 fully saturated rings. The van der Waals surface area contributed by atoms with Crippen LogP contribution in [0.5, 0.6) is 0 Å². The van der Waals surface area contributed by atoms with Gasteiger partial charge in [0.05, 0.1) is 12.6 Å². The lowest BCUT2D eigenvalue weighted by Gasteiger charge is -2.37. The molecular formula is C12H18N2O4S2. The molecule has 0 radical (unpaired) electrons. The molecule has 1 aromatic rings. The lowest BCUT2D eigenvalue weighted by atomic mass is 10.0. The number of esters is 1. The van der Waals surface area contributed by atoms with Crippen molar-refractivity contribution in [2.45, 2.75) is 49.4 Å². The van der Waals surface area contributed by atoms with Crippen LogP contribution in [0.2, 0.25) is 0 Å². The van der Waals surface area contributed by atoms with Gasteiger partial charge >= 0.3 is 5.97 Å². The highest BCUT2D eigenvalue weighted by atomic mass is 32.2. The Morgan fingerprint density at radius 2 is 2.00 bits per heavy atom. The first-order chi connectivity index (χ1) is 9.39. The number of carbonyl (C=O) groups is 1. The second-order valence-electron chi connectivity index (χ2n) is 4.94. The number of hydrogen-bond donors (Lipinski definition) is 0. The highest BCUT2D eigenvalue weighted by Crippen LogP contribution is 2.32. The zero-order valence-electron chi connectivity index (χ0n) is 11.7. The number of thiazole rings is 1. The molecule has 0 aliphatic carbocycles. The molecule has 0 amide bonds. The largest absolute Gasteiger partial charge is 0.464 e. The third-order valence-electron chi connectivity index (χ3n) is 3.54. The fraction of sp³-hybridized carbons (Fsp3) is 0.667. The summed E-state index contributed by atoms with van der Waals surface area (Å²) in [6, 6.07) is -0.146. The van der Waals surface area contributed by atoms with Crippen LogP contribution in [0, 0.1) is 0 Å². The minimum Gasteiger partial charge on any atom is -0.464 e. The monoisotopic (exact) mass is 318 g/mol. The Bertz CT molecular complexity index is 586. The number of piperidine rings is 1. The van der Waals surface area contributed by atoms with Crippen LogP contribution in [0.3, 0.4) is 0 Å². The van der Waals surface area contributed by atoms with E-state index in [9.17, 15) is 13.2 Å². The molecule has 0 aromatic carbocycles. The van der Waals surface area contributed by atoms with Crippen molar-refractivity contribution in [2.24, 2.45) is 0 Å². The van der Waals surface area contributed by atoms with Gasteiger partial charge in [0, 0.05) is 12.1 Å². The van der Waals surface area contributed by atoms with Crippen molar-refractivity contribution in [1.82, 2.24) is 9.29 Å². The molecule has 0 spiro atoms. The molecule has 1 aromatic heterocycles. The average Bonchev–Trinajstić information content (AvgIpc) is 2.87. The standard InChI is InChI=1S/C12H18N2O4S2/c1-8-5-4-6-9(2)14(8)20(16,17)12-10(11(15)18-3)13-7-19-12/h7-9H,4-6H2,1-3H3/t8-,9+. The Balaban J connectivity index is 2.45. The zero-order chi connectivity index (χ0) is 14.9.